The molecule has 2 unspecified atom stereocenters. The van der Waals surface area contributed by atoms with Crippen molar-refractivity contribution in [1.82, 2.24) is 5.32 Å². The van der Waals surface area contributed by atoms with Gasteiger partial charge in [0.25, 0.3) is 0 Å². The molecular weight excluding hydrogens is 283 g/mol. The molecule has 0 aliphatic heterocycles. The predicted octanol–water partition coefficient (Wildman–Crippen LogP) is 3.55. The molecule has 2 atom stereocenters. The fourth-order valence-electron chi connectivity index (χ4n) is 1.70. The van der Waals surface area contributed by atoms with Crippen LogP contribution in [0.15, 0.2) is 18.2 Å². The summed E-state index contributed by atoms with van der Waals surface area (Å²) >= 11 is 12.0. The highest BCUT2D eigenvalue weighted by Crippen LogP contribution is 2.27. The molecule has 1 aromatic rings. The second kappa shape index (κ2) is 6.60. The summed E-state index contributed by atoms with van der Waals surface area (Å²) in [5.74, 6) is -0.0592. The Bertz CT molecular complexity index is 459. The van der Waals surface area contributed by atoms with Gasteiger partial charge in [-0.2, -0.15) is 0 Å². The van der Waals surface area contributed by atoms with Crippen molar-refractivity contribution in [3.05, 3.63) is 33.8 Å². The number of nitrogens with two attached hydrogens (primary N) is 1. The van der Waals surface area contributed by atoms with Gasteiger partial charge in [0, 0.05) is 16.6 Å². The highest BCUT2D eigenvalue weighted by atomic mass is 35.5. The zero-order chi connectivity index (χ0) is 14.6. The van der Waals surface area contributed by atoms with Gasteiger partial charge in [0.05, 0.1) is 11.5 Å². The van der Waals surface area contributed by atoms with Crippen LogP contribution in [0.25, 0.3) is 0 Å². The number of carbonyl (C=O) groups is 1. The summed E-state index contributed by atoms with van der Waals surface area (Å²) in [5.41, 5.74) is 5.97. The first-order chi connectivity index (χ1) is 8.84. The van der Waals surface area contributed by atoms with Crippen molar-refractivity contribution in [2.45, 2.75) is 33.2 Å². The zero-order valence-electron chi connectivity index (χ0n) is 11.5. The largest absolute Gasteiger partial charge is 0.349 e. The Morgan fingerprint density at radius 3 is 2.58 bits per heavy atom. The molecule has 106 valence electrons. The monoisotopic (exact) mass is 302 g/mol. The quantitative estimate of drug-likeness (QED) is 0.874. The minimum Gasteiger partial charge on any atom is -0.349 e. The van der Waals surface area contributed by atoms with Gasteiger partial charge in [-0.3, -0.25) is 4.79 Å². The first kappa shape index (κ1) is 16.3. The first-order valence-corrected chi connectivity index (χ1v) is 7.05. The minimum atomic E-state index is -0.548. The molecule has 0 aromatic heterocycles. The van der Waals surface area contributed by atoms with E-state index in [-0.39, 0.29) is 11.9 Å². The Morgan fingerprint density at radius 2 is 2.11 bits per heavy atom. The maximum Gasteiger partial charge on any atom is 0.227 e. The molecule has 0 saturated heterocycles. The Morgan fingerprint density at radius 1 is 1.47 bits per heavy atom. The van der Waals surface area contributed by atoms with Gasteiger partial charge in [-0.25, -0.2) is 0 Å². The number of carbonyl (C=O) groups excluding carboxylic acids is 1. The lowest BCUT2D eigenvalue weighted by atomic mass is 9.86. The second-order valence-electron chi connectivity index (χ2n) is 4.98. The van der Waals surface area contributed by atoms with Crippen molar-refractivity contribution >= 4 is 29.1 Å². The number of nitrogens with one attached hydrogen (secondary N) is 1. The molecule has 3 N–H and O–H groups in total. The van der Waals surface area contributed by atoms with E-state index >= 15 is 0 Å². The number of hydrogen-bond donors (Lipinski definition) is 2. The van der Waals surface area contributed by atoms with Crippen LogP contribution in [0.5, 0.6) is 0 Å². The van der Waals surface area contributed by atoms with Crippen molar-refractivity contribution in [2.24, 2.45) is 11.1 Å². The third kappa shape index (κ3) is 3.85. The molecule has 0 aliphatic carbocycles. The SMILES string of the molecule is CCC(C)(CN)C(=O)NC(C)c1ccc(Cl)cc1Cl. The normalized spacial score (nSPS) is 15.7. The average Bonchev–Trinajstić information content (AvgIpc) is 2.37. The van der Waals surface area contributed by atoms with Crippen LogP contribution in [0.3, 0.4) is 0 Å². The molecule has 0 heterocycles. The van der Waals surface area contributed by atoms with Gasteiger partial charge in [0.2, 0.25) is 5.91 Å². The van der Waals surface area contributed by atoms with Gasteiger partial charge in [0.1, 0.15) is 0 Å². The second-order valence-corrected chi connectivity index (χ2v) is 5.82. The molecule has 19 heavy (non-hydrogen) atoms. The van der Waals surface area contributed by atoms with E-state index in [4.69, 9.17) is 28.9 Å². The van der Waals surface area contributed by atoms with Crippen LogP contribution in [0.1, 0.15) is 38.8 Å². The van der Waals surface area contributed by atoms with Crippen LogP contribution in [-0.4, -0.2) is 12.5 Å². The summed E-state index contributed by atoms with van der Waals surface area (Å²) < 4.78 is 0. The molecule has 1 aromatic carbocycles. The number of hydrogen-bond acceptors (Lipinski definition) is 2. The predicted molar refractivity (Wildman–Crippen MR) is 80.5 cm³/mol. The van der Waals surface area contributed by atoms with Gasteiger partial charge in [-0.1, -0.05) is 36.2 Å². The zero-order valence-corrected chi connectivity index (χ0v) is 13.0. The lowest BCUT2D eigenvalue weighted by Gasteiger charge is -2.27. The maximum atomic E-state index is 12.2. The molecule has 3 nitrogen and oxygen atoms in total. The number of amides is 1. The van der Waals surface area contributed by atoms with Crippen LogP contribution >= 0.6 is 23.2 Å². The number of rotatable bonds is 5. The third-order valence-corrected chi connectivity index (χ3v) is 4.12. The van der Waals surface area contributed by atoms with Crippen molar-refractivity contribution in [3.8, 4) is 0 Å². The lowest BCUT2D eigenvalue weighted by molar-refractivity contribution is -0.130. The van der Waals surface area contributed by atoms with Crippen molar-refractivity contribution in [1.29, 1.82) is 0 Å². The van der Waals surface area contributed by atoms with Crippen LogP contribution in [0, 0.1) is 5.41 Å². The highest BCUT2D eigenvalue weighted by Gasteiger charge is 2.30. The Hall–Kier alpha value is -0.770. The summed E-state index contributed by atoms with van der Waals surface area (Å²) in [4.78, 5) is 12.2. The van der Waals surface area contributed by atoms with E-state index in [1.54, 1.807) is 12.1 Å². The molecule has 0 bridgehead atoms. The molecule has 0 spiro atoms. The molecule has 0 radical (unpaired) electrons. The van der Waals surface area contributed by atoms with E-state index in [0.717, 1.165) is 5.56 Å². The summed E-state index contributed by atoms with van der Waals surface area (Å²) in [6.07, 6.45) is 0.691. The van der Waals surface area contributed by atoms with E-state index in [1.807, 2.05) is 26.8 Å². The molecule has 1 amide bonds. The summed E-state index contributed by atoms with van der Waals surface area (Å²) in [6, 6.07) is 5.06. The summed E-state index contributed by atoms with van der Waals surface area (Å²) in [6.45, 7) is 6.01. The van der Waals surface area contributed by atoms with Crippen molar-refractivity contribution in [2.75, 3.05) is 6.54 Å². The Balaban J connectivity index is 2.85. The van der Waals surface area contributed by atoms with Gasteiger partial charge in [-0.15, -0.1) is 0 Å². The minimum absolute atomic E-state index is 0.0592. The average molecular weight is 303 g/mol. The molecule has 0 saturated carbocycles. The molecular formula is C14H20Cl2N2O. The molecule has 1 rings (SSSR count). The smallest absolute Gasteiger partial charge is 0.227 e. The van der Waals surface area contributed by atoms with Gasteiger partial charge in [0.15, 0.2) is 0 Å². The lowest BCUT2D eigenvalue weighted by Crippen LogP contribution is -2.44. The highest BCUT2D eigenvalue weighted by molar-refractivity contribution is 6.35. The molecule has 0 aliphatic rings. The van der Waals surface area contributed by atoms with Crippen LogP contribution < -0.4 is 11.1 Å². The van der Waals surface area contributed by atoms with Gasteiger partial charge < -0.3 is 11.1 Å². The van der Waals surface area contributed by atoms with Gasteiger partial charge in [-0.05, 0) is 38.0 Å². The van der Waals surface area contributed by atoms with E-state index < -0.39 is 5.41 Å². The number of halogens is 2. The Kier molecular flexibility index (Phi) is 5.65. The maximum absolute atomic E-state index is 12.2. The van der Waals surface area contributed by atoms with Crippen LogP contribution in [0.4, 0.5) is 0 Å². The van der Waals surface area contributed by atoms with Crippen molar-refractivity contribution < 1.29 is 4.79 Å². The van der Waals surface area contributed by atoms with Crippen molar-refractivity contribution in [3.63, 3.8) is 0 Å². The fraction of sp³-hybridized carbons (Fsp3) is 0.500. The Labute approximate surface area is 124 Å². The van der Waals surface area contributed by atoms with E-state index in [0.29, 0.717) is 23.0 Å². The van der Waals surface area contributed by atoms with E-state index in [9.17, 15) is 4.79 Å². The van der Waals surface area contributed by atoms with Gasteiger partial charge >= 0.3 is 0 Å². The van der Waals surface area contributed by atoms with E-state index in [2.05, 4.69) is 5.32 Å². The topological polar surface area (TPSA) is 55.1 Å². The third-order valence-electron chi connectivity index (χ3n) is 3.56. The summed E-state index contributed by atoms with van der Waals surface area (Å²) in [7, 11) is 0. The standard InChI is InChI=1S/C14H20Cl2N2O/c1-4-14(3,8-17)13(19)18-9(2)11-6-5-10(15)7-12(11)16/h5-7,9H,4,8,17H2,1-3H3,(H,18,19). The van der Waals surface area contributed by atoms with Crippen LogP contribution in [0.2, 0.25) is 10.0 Å². The molecule has 0 fully saturated rings. The number of benzene rings is 1. The van der Waals surface area contributed by atoms with Crippen LogP contribution in [-0.2, 0) is 4.79 Å². The molecule has 5 heteroatoms. The fourth-order valence-corrected chi connectivity index (χ4v) is 2.27. The summed E-state index contributed by atoms with van der Waals surface area (Å²) in [5, 5.41) is 4.08. The first-order valence-electron chi connectivity index (χ1n) is 6.30. The van der Waals surface area contributed by atoms with E-state index in [1.165, 1.54) is 0 Å².